The summed E-state index contributed by atoms with van der Waals surface area (Å²) in [6.07, 6.45) is 0. The lowest BCUT2D eigenvalue weighted by Gasteiger charge is -2.23. The zero-order valence-electron chi connectivity index (χ0n) is 21.6. The van der Waals surface area contributed by atoms with E-state index in [0.717, 1.165) is 16.7 Å². The second-order valence-electron chi connectivity index (χ2n) is 9.14. The third kappa shape index (κ3) is 5.47. The van der Waals surface area contributed by atoms with Crippen molar-refractivity contribution in [3.63, 3.8) is 0 Å². The minimum absolute atomic E-state index is 0.0238. The summed E-state index contributed by atoms with van der Waals surface area (Å²) < 4.78 is 5.99. The molecule has 204 valence electrons. The van der Waals surface area contributed by atoms with Gasteiger partial charge in [0.25, 0.3) is 5.78 Å². The molecule has 1 unspecified atom stereocenters. The van der Waals surface area contributed by atoms with E-state index in [-0.39, 0.29) is 16.5 Å². The van der Waals surface area contributed by atoms with Gasteiger partial charge in [0.2, 0.25) is 5.13 Å². The highest BCUT2D eigenvalue weighted by molar-refractivity contribution is 8.00. The maximum Gasteiger partial charge on any atom is 0.301 e. The molecule has 0 radical (unpaired) electrons. The minimum atomic E-state index is -0.938. The van der Waals surface area contributed by atoms with Gasteiger partial charge < -0.3 is 9.84 Å². The largest absolute Gasteiger partial charge is 0.507 e. The first-order valence-corrected chi connectivity index (χ1v) is 14.7. The average molecular weight is 613 g/mol. The first kappa shape index (κ1) is 28.2. The lowest BCUT2D eigenvalue weighted by atomic mass is 9.93. The second-order valence-corrected chi connectivity index (χ2v) is 12.2. The van der Waals surface area contributed by atoms with E-state index in [9.17, 15) is 14.7 Å². The van der Waals surface area contributed by atoms with Crippen LogP contribution in [0.15, 0.2) is 70.6 Å². The Labute approximate surface area is 249 Å². The van der Waals surface area contributed by atoms with Crippen molar-refractivity contribution < 1.29 is 19.4 Å². The zero-order chi connectivity index (χ0) is 28.6. The van der Waals surface area contributed by atoms with Crippen LogP contribution in [0.2, 0.25) is 10.0 Å². The van der Waals surface area contributed by atoms with Crippen molar-refractivity contribution in [2.24, 2.45) is 0 Å². The molecule has 1 amide bonds. The Balaban J connectivity index is 1.57. The molecule has 1 aromatic heterocycles. The lowest BCUT2D eigenvalue weighted by molar-refractivity contribution is -0.132. The molecule has 5 rings (SSSR count). The number of rotatable bonds is 7. The van der Waals surface area contributed by atoms with E-state index in [1.807, 2.05) is 32.0 Å². The number of halogens is 2. The standard InChI is InChI=1S/C29H23Cl2N3O4S2/c1-15-7-8-16(2)21(11-15)25(35)23-24(17-5-4-6-20(12-17)38-3)34(27(37)26(23)36)28-32-33-29(40-28)39-14-18-9-10-19(30)13-22(18)31/h4-13,24,35H,14H2,1-3H3/b25-23+. The first-order chi connectivity index (χ1) is 19.2. The number of nitrogens with zero attached hydrogens (tertiary/aromatic N) is 3. The molecular weight excluding hydrogens is 589 g/mol. The highest BCUT2D eigenvalue weighted by Gasteiger charge is 2.48. The molecule has 0 aliphatic carbocycles. The number of ether oxygens (including phenoxy) is 1. The van der Waals surface area contributed by atoms with Gasteiger partial charge in [0.1, 0.15) is 11.5 Å². The summed E-state index contributed by atoms with van der Waals surface area (Å²) >= 11 is 14.9. The number of hydrogen-bond acceptors (Lipinski definition) is 8. The number of aromatic nitrogens is 2. The van der Waals surface area contributed by atoms with Crippen molar-refractivity contribution in [2.45, 2.75) is 30.0 Å². The molecule has 11 heteroatoms. The van der Waals surface area contributed by atoms with Gasteiger partial charge in [-0.2, -0.15) is 0 Å². The Bertz CT molecular complexity index is 1670. The van der Waals surface area contributed by atoms with Gasteiger partial charge in [0.15, 0.2) is 4.34 Å². The van der Waals surface area contributed by atoms with Gasteiger partial charge >= 0.3 is 5.91 Å². The van der Waals surface area contributed by atoms with Gasteiger partial charge in [0.05, 0.1) is 18.7 Å². The predicted octanol–water partition coefficient (Wildman–Crippen LogP) is 7.39. The smallest absolute Gasteiger partial charge is 0.301 e. The van der Waals surface area contributed by atoms with E-state index >= 15 is 0 Å². The summed E-state index contributed by atoms with van der Waals surface area (Å²) in [5.41, 5.74) is 3.60. The summed E-state index contributed by atoms with van der Waals surface area (Å²) in [5.74, 6) is -0.790. The molecule has 1 atom stereocenters. The Morgan fingerprint density at radius 1 is 1.07 bits per heavy atom. The molecule has 1 fully saturated rings. The number of thioether (sulfide) groups is 1. The van der Waals surface area contributed by atoms with Gasteiger partial charge in [-0.15, -0.1) is 10.2 Å². The fourth-order valence-electron chi connectivity index (χ4n) is 4.43. The predicted molar refractivity (Wildman–Crippen MR) is 160 cm³/mol. The van der Waals surface area contributed by atoms with E-state index in [1.54, 1.807) is 42.5 Å². The van der Waals surface area contributed by atoms with Crippen LogP contribution in [0.4, 0.5) is 5.13 Å². The van der Waals surface area contributed by atoms with E-state index in [0.29, 0.717) is 37.0 Å². The van der Waals surface area contributed by atoms with Crippen molar-refractivity contribution in [1.29, 1.82) is 0 Å². The highest BCUT2D eigenvalue weighted by atomic mass is 35.5. The van der Waals surface area contributed by atoms with Crippen LogP contribution in [0.25, 0.3) is 5.76 Å². The fraction of sp³-hybridized carbons (Fsp3) is 0.172. The molecule has 40 heavy (non-hydrogen) atoms. The molecule has 4 aromatic rings. The Morgan fingerprint density at radius 2 is 1.88 bits per heavy atom. The van der Waals surface area contributed by atoms with E-state index < -0.39 is 17.7 Å². The monoisotopic (exact) mass is 611 g/mol. The normalized spacial score (nSPS) is 16.5. The van der Waals surface area contributed by atoms with Gasteiger partial charge in [-0.05, 0) is 60.9 Å². The van der Waals surface area contributed by atoms with Crippen LogP contribution >= 0.6 is 46.3 Å². The minimum Gasteiger partial charge on any atom is -0.507 e. The number of methoxy groups -OCH3 is 1. The van der Waals surface area contributed by atoms with Crippen molar-refractivity contribution in [1.82, 2.24) is 10.2 Å². The number of hydrogen-bond donors (Lipinski definition) is 1. The third-order valence-electron chi connectivity index (χ3n) is 6.47. The molecule has 7 nitrogen and oxygen atoms in total. The second kappa shape index (κ2) is 11.6. The maximum absolute atomic E-state index is 13.5. The SMILES string of the molecule is COc1cccc(C2/C(=C(\O)c3cc(C)ccc3C)C(=O)C(=O)N2c2nnc(SCc3ccc(Cl)cc3Cl)s2)c1. The number of ketones is 1. The molecule has 0 saturated carbocycles. The molecule has 1 aliphatic rings. The van der Waals surface area contributed by atoms with Gasteiger partial charge in [-0.1, -0.05) is 82.2 Å². The number of carbonyl (C=O) groups is 2. The van der Waals surface area contributed by atoms with Crippen molar-refractivity contribution in [3.05, 3.63) is 104 Å². The van der Waals surface area contributed by atoms with E-state index in [1.165, 1.54) is 35.1 Å². The molecule has 1 saturated heterocycles. The summed E-state index contributed by atoms with van der Waals surface area (Å²) in [7, 11) is 1.54. The van der Waals surface area contributed by atoms with Crippen LogP contribution in [-0.4, -0.2) is 34.1 Å². The summed E-state index contributed by atoms with van der Waals surface area (Å²) in [5, 5.41) is 21.3. The Hall–Kier alpha value is -3.37. The number of amides is 1. The molecular formula is C29H23Cl2N3O4S2. The van der Waals surface area contributed by atoms with Gasteiger partial charge in [0, 0.05) is 21.4 Å². The fourth-order valence-corrected chi connectivity index (χ4v) is 6.86. The van der Waals surface area contributed by atoms with Crippen LogP contribution < -0.4 is 9.64 Å². The van der Waals surface area contributed by atoms with Crippen LogP contribution in [-0.2, 0) is 15.3 Å². The van der Waals surface area contributed by atoms with Gasteiger partial charge in [-0.3, -0.25) is 14.5 Å². The summed E-state index contributed by atoms with van der Waals surface area (Å²) in [6, 6.07) is 17.0. The topological polar surface area (TPSA) is 92.6 Å². The van der Waals surface area contributed by atoms with E-state index in [4.69, 9.17) is 27.9 Å². The number of benzene rings is 3. The van der Waals surface area contributed by atoms with Crippen molar-refractivity contribution in [2.75, 3.05) is 12.0 Å². The van der Waals surface area contributed by atoms with Crippen LogP contribution in [0.5, 0.6) is 5.75 Å². The molecule has 1 aliphatic heterocycles. The van der Waals surface area contributed by atoms with Gasteiger partial charge in [-0.25, -0.2) is 0 Å². The number of aryl methyl sites for hydroxylation is 2. The average Bonchev–Trinajstić information content (AvgIpc) is 3.51. The molecule has 2 heterocycles. The van der Waals surface area contributed by atoms with Crippen molar-refractivity contribution in [3.8, 4) is 5.75 Å². The number of carbonyl (C=O) groups excluding carboxylic acids is 2. The molecule has 0 bridgehead atoms. The third-order valence-corrected chi connectivity index (χ3v) is 9.16. The van der Waals surface area contributed by atoms with Crippen LogP contribution in [0.3, 0.4) is 0 Å². The number of aliphatic hydroxyl groups excluding tert-OH is 1. The van der Waals surface area contributed by atoms with Crippen LogP contribution in [0.1, 0.15) is 33.9 Å². The number of Topliss-reactive ketones (excluding diaryl/α,β-unsaturated/α-hetero) is 1. The molecule has 0 spiro atoms. The first-order valence-electron chi connectivity index (χ1n) is 12.1. The highest BCUT2D eigenvalue weighted by Crippen LogP contribution is 2.45. The lowest BCUT2D eigenvalue weighted by Crippen LogP contribution is -2.29. The maximum atomic E-state index is 13.5. The van der Waals surface area contributed by atoms with Crippen molar-refractivity contribution >= 4 is 68.9 Å². The number of anilines is 1. The molecule has 1 N–H and O–H groups in total. The van der Waals surface area contributed by atoms with E-state index in [2.05, 4.69) is 10.2 Å². The molecule has 3 aromatic carbocycles. The Morgan fingerprint density at radius 3 is 2.62 bits per heavy atom. The quantitative estimate of drug-likeness (QED) is 0.0765. The number of aliphatic hydroxyl groups is 1. The summed E-state index contributed by atoms with van der Waals surface area (Å²) in [4.78, 5) is 28.3. The Kier molecular flexibility index (Phi) is 8.19. The zero-order valence-corrected chi connectivity index (χ0v) is 24.8. The van der Waals surface area contributed by atoms with Crippen LogP contribution in [0, 0.1) is 13.8 Å². The summed E-state index contributed by atoms with van der Waals surface area (Å²) in [6.45, 7) is 3.73.